The van der Waals surface area contributed by atoms with Crippen LogP contribution in [0.2, 0.25) is 0 Å². The summed E-state index contributed by atoms with van der Waals surface area (Å²) >= 11 is 1.43. The number of hydrogen-bond acceptors (Lipinski definition) is 8. The molecule has 238 valence electrons. The molecule has 12 nitrogen and oxygen atoms in total. The fraction of sp³-hybridized carbons (Fsp3) is 0.600. The Labute approximate surface area is 257 Å². The summed E-state index contributed by atoms with van der Waals surface area (Å²) in [4.78, 5) is 69.0. The summed E-state index contributed by atoms with van der Waals surface area (Å²) in [5.41, 5.74) is 12.0. The van der Waals surface area contributed by atoms with Gasteiger partial charge in [-0.2, -0.15) is 0 Å². The molecule has 43 heavy (non-hydrogen) atoms. The third kappa shape index (κ3) is 11.6. The van der Waals surface area contributed by atoms with Crippen LogP contribution in [0.3, 0.4) is 0 Å². The van der Waals surface area contributed by atoms with Crippen molar-refractivity contribution in [1.82, 2.24) is 26.3 Å². The van der Waals surface area contributed by atoms with Crippen LogP contribution in [0.25, 0.3) is 10.2 Å². The fourth-order valence-corrected chi connectivity index (χ4v) is 5.62. The van der Waals surface area contributed by atoms with Gasteiger partial charge in [-0.3, -0.25) is 24.0 Å². The number of unbranched alkanes of at least 4 members (excludes halogenated alkanes) is 1. The lowest BCUT2D eigenvalue weighted by molar-refractivity contribution is -0.135. The van der Waals surface area contributed by atoms with E-state index in [0.29, 0.717) is 37.2 Å². The minimum atomic E-state index is -0.989. The molecule has 5 atom stereocenters. The van der Waals surface area contributed by atoms with Crippen LogP contribution in [0, 0.1) is 11.8 Å². The summed E-state index contributed by atoms with van der Waals surface area (Å²) in [6.07, 6.45) is 2.55. The first-order chi connectivity index (χ1) is 20.4. The highest BCUT2D eigenvalue weighted by atomic mass is 32.1. The molecule has 8 N–H and O–H groups in total. The van der Waals surface area contributed by atoms with E-state index in [0.717, 1.165) is 10.2 Å². The van der Waals surface area contributed by atoms with Crippen molar-refractivity contribution < 1.29 is 24.0 Å². The van der Waals surface area contributed by atoms with E-state index in [-0.39, 0.29) is 24.7 Å². The van der Waals surface area contributed by atoms with Gasteiger partial charge in [-0.25, -0.2) is 4.98 Å². The Kier molecular flexibility index (Phi) is 14.5. The van der Waals surface area contributed by atoms with Gasteiger partial charge in [0.15, 0.2) is 0 Å². The van der Waals surface area contributed by atoms with Gasteiger partial charge in [0.1, 0.15) is 24.2 Å². The van der Waals surface area contributed by atoms with Crippen molar-refractivity contribution in [2.45, 2.75) is 97.3 Å². The van der Waals surface area contributed by atoms with Crippen LogP contribution in [0.1, 0.15) is 71.7 Å². The number of fused-ring (bicyclic) bond motifs is 1. The molecule has 0 saturated heterocycles. The van der Waals surface area contributed by atoms with Crippen molar-refractivity contribution in [1.29, 1.82) is 0 Å². The van der Waals surface area contributed by atoms with E-state index < -0.39 is 53.7 Å². The summed E-state index contributed by atoms with van der Waals surface area (Å²) in [6.45, 7) is 9.27. The zero-order valence-corrected chi connectivity index (χ0v) is 26.6. The second-order valence-corrected chi connectivity index (χ2v) is 12.5. The van der Waals surface area contributed by atoms with Crippen LogP contribution in [0.15, 0.2) is 24.3 Å². The van der Waals surface area contributed by atoms with E-state index in [4.69, 9.17) is 11.5 Å². The predicted octanol–water partition coefficient (Wildman–Crippen LogP) is 1.50. The van der Waals surface area contributed by atoms with Crippen LogP contribution in [0.5, 0.6) is 0 Å². The lowest BCUT2D eigenvalue weighted by atomic mass is 9.96. The van der Waals surface area contributed by atoms with Crippen molar-refractivity contribution >= 4 is 51.1 Å². The first kappa shape index (κ1) is 35.6. The maximum absolute atomic E-state index is 13.6. The van der Waals surface area contributed by atoms with Crippen molar-refractivity contribution in [2.24, 2.45) is 23.3 Å². The molecule has 1 heterocycles. The summed E-state index contributed by atoms with van der Waals surface area (Å²) < 4.78 is 0.960. The molecule has 1 aromatic carbocycles. The molecule has 0 spiro atoms. The monoisotopic (exact) mass is 617 g/mol. The number of benzene rings is 1. The fourth-order valence-electron chi connectivity index (χ4n) is 4.61. The standard InChI is InChI=1S/C30H47N7O5S/c1-6-18(4)26(30(42)35-21(12-9-10-14-31)28(40)36-22(27(32)39)15-17(2)3)37-29(41)23(33-19(5)38)16-25-34-20-11-7-8-13-24(20)43-25/h7-8,11,13,17-18,21-23,26H,6,9-10,12,14-16,31H2,1-5H3,(H2,32,39)(H,33,38)(H,35,42)(H,36,40)(H,37,41)/t18-,21-,22-,23-,26-/m0/s1. The van der Waals surface area contributed by atoms with Crippen molar-refractivity contribution in [3.63, 3.8) is 0 Å². The maximum atomic E-state index is 13.6. The van der Waals surface area contributed by atoms with E-state index in [1.54, 1.807) is 0 Å². The molecule has 0 aliphatic rings. The zero-order chi connectivity index (χ0) is 32.1. The molecule has 1 aromatic heterocycles. The van der Waals surface area contributed by atoms with Crippen LogP contribution in [-0.4, -0.2) is 65.2 Å². The quantitative estimate of drug-likeness (QED) is 0.136. The number of nitrogens with one attached hydrogen (secondary N) is 4. The minimum Gasteiger partial charge on any atom is -0.368 e. The van der Waals surface area contributed by atoms with Crippen LogP contribution >= 0.6 is 11.3 Å². The second kappa shape index (κ2) is 17.5. The maximum Gasteiger partial charge on any atom is 0.243 e. The van der Waals surface area contributed by atoms with E-state index in [2.05, 4.69) is 26.3 Å². The van der Waals surface area contributed by atoms with Crippen LogP contribution in [0.4, 0.5) is 0 Å². The van der Waals surface area contributed by atoms with Crippen LogP contribution < -0.4 is 32.7 Å². The predicted molar refractivity (Wildman–Crippen MR) is 168 cm³/mol. The first-order valence-electron chi connectivity index (χ1n) is 14.9. The van der Waals surface area contributed by atoms with Gasteiger partial charge in [-0.15, -0.1) is 11.3 Å². The Morgan fingerprint density at radius 3 is 2.12 bits per heavy atom. The topological polar surface area (TPSA) is 198 Å². The third-order valence-corrected chi connectivity index (χ3v) is 8.21. The van der Waals surface area contributed by atoms with Gasteiger partial charge in [-0.1, -0.05) is 46.2 Å². The molecule has 0 saturated carbocycles. The lowest BCUT2D eigenvalue weighted by Crippen LogP contribution is -2.59. The van der Waals surface area contributed by atoms with Gasteiger partial charge in [0, 0.05) is 13.3 Å². The Balaban J connectivity index is 2.24. The van der Waals surface area contributed by atoms with E-state index in [9.17, 15) is 24.0 Å². The number of rotatable bonds is 18. The Bertz CT molecular complexity index is 1220. The Morgan fingerprint density at radius 2 is 1.53 bits per heavy atom. The number of amides is 5. The number of carbonyl (C=O) groups is 5. The number of primary amides is 1. The number of nitrogens with zero attached hydrogens (tertiary/aromatic N) is 1. The molecule has 0 unspecified atom stereocenters. The molecule has 0 aliphatic carbocycles. The summed E-state index contributed by atoms with van der Waals surface area (Å²) in [7, 11) is 0. The Morgan fingerprint density at radius 1 is 0.884 bits per heavy atom. The highest BCUT2D eigenvalue weighted by Crippen LogP contribution is 2.23. The minimum absolute atomic E-state index is 0.104. The summed E-state index contributed by atoms with van der Waals surface area (Å²) in [5, 5.41) is 11.6. The molecule has 2 rings (SSSR count). The Hall–Kier alpha value is -3.58. The normalized spacial score (nSPS) is 14.8. The number of carbonyl (C=O) groups excluding carboxylic acids is 5. The van der Waals surface area contributed by atoms with Gasteiger partial charge < -0.3 is 32.7 Å². The second-order valence-electron chi connectivity index (χ2n) is 11.3. The average Bonchev–Trinajstić information content (AvgIpc) is 3.36. The van der Waals surface area contributed by atoms with Gasteiger partial charge in [-0.05, 0) is 56.2 Å². The molecule has 0 aliphatic heterocycles. The van der Waals surface area contributed by atoms with Crippen molar-refractivity contribution in [3.8, 4) is 0 Å². The summed E-state index contributed by atoms with van der Waals surface area (Å²) in [5.74, 6) is -2.86. The number of nitrogens with two attached hydrogens (primary N) is 2. The molecular weight excluding hydrogens is 570 g/mol. The molecule has 2 aromatic rings. The number of hydrogen-bond donors (Lipinski definition) is 6. The molecule has 5 amide bonds. The van der Waals surface area contributed by atoms with Gasteiger partial charge >= 0.3 is 0 Å². The largest absolute Gasteiger partial charge is 0.368 e. The molecular formula is C30H47N7O5S. The average molecular weight is 618 g/mol. The van der Waals surface area contributed by atoms with Crippen molar-refractivity contribution in [3.05, 3.63) is 29.3 Å². The first-order valence-corrected chi connectivity index (χ1v) is 15.7. The smallest absolute Gasteiger partial charge is 0.243 e. The van der Waals surface area contributed by atoms with E-state index in [1.165, 1.54) is 18.3 Å². The highest BCUT2D eigenvalue weighted by Gasteiger charge is 2.33. The SMILES string of the molecule is CC[C@H](C)[C@H](NC(=O)[C@H](Cc1nc2ccccc2s1)NC(C)=O)C(=O)N[C@@H](CCCCN)C(=O)N[C@@H](CC(C)C)C(N)=O. The third-order valence-electron chi connectivity index (χ3n) is 7.15. The number of thiazole rings is 1. The van der Waals surface area contributed by atoms with E-state index >= 15 is 0 Å². The summed E-state index contributed by atoms with van der Waals surface area (Å²) in [6, 6.07) is 3.78. The molecule has 0 bridgehead atoms. The zero-order valence-electron chi connectivity index (χ0n) is 25.8. The van der Waals surface area contributed by atoms with E-state index in [1.807, 2.05) is 52.0 Å². The lowest BCUT2D eigenvalue weighted by Gasteiger charge is -2.29. The van der Waals surface area contributed by atoms with Crippen molar-refractivity contribution in [2.75, 3.05) is 6.54 Å². The van der Waals surface area contributed by atoms with Gasteiger partial charge in [0.05, 0.1) is 15.2 Å². The molecule has 13 heteroatoms. The molecule has 0 radical (unpaired) electrons. The molecule has 0 fully saturated rings. The van der Waals surface area contributed by atoms with Gasteiger partial charge in [0.25, 0.3) is 0 Å². The van der Waals surface area contributed by atoms with Gasteiger partial charge in [0.2, 0.25) is 29.5 Å². The highest BCUT2D eigenvalue weighted by molar-refractivity contribution is 7.18. The number of aromatic nitrogens is 1. The number of para-hydroxylation sites is 1. The van der Waals surface area contributed by atoms with Crippen LogP contribution in [-0.2, 0) is 30.4 Å².